The van der Waals surface area contributed by atoms with Crippen LogP contribution in [0.3, 0.4) is 0 Å². The van der Waals surface area contributed by atoms with Gasteiger partial charge in [-0.3, -0.25) is 4.68 Å². The molecule has 1 aliphatic carbocycles. The van der Waals surface area contributed by atoms with Gasteiger partial charge in [0.2, 0.25) is 0 Å². The topological polar surface area (TPSA) is 47.3 Å². The third-order valence-corrected chi connectivity index (χ3v) is 3.32. The number of rotatable bonds is 3. The Morgan fingerprint density at radius 2 is 2.39 bits per heavy atom. The van der Waals surface area contributed by atoms with Crippen molar-refractivity contribution in [1.29, 1.82) is 0 Å². The summed E-state index contributed by atoms with van der Waals surface area (Å²) in [6, 6.07) is 5.91. The molecule has 0 fully saturated rings. The van der Waals surface area contributed by atoms with Crippen molar-refractivity contribution < 1.29 is 9.84 Å². The smallest absolute Gasteiger partial charge is 0.120 e. The highest BCUT2D eigenvalue weighted by Gasteiger charge is 2.20. The summed E-state index contributed by atoms with van der Waals surface area (Å²) in [5.74, 6) is 0.853. The fraction of sp³-hybridized carbons (Fsp3) is 0.357. The Bertz CT molecular complexity index is 563. The van der Waals surface area contributed by atoms with Crippen molar-refractivity contribution in [3.8, 4) is 5.75 Å². The molecule has 1 aromatic heterocycles. The van der Waals surface area contributed by atoms with Crippen molar-refractivity contribution in [1.82, 2.24) is 9.78 Å². The Morgan fingerprint density at radius 1 is 1.50 bits per heavy atom. The Kier molecular flexibility index (Phi) is 2.80. The zero-order valence-electron chi connectivity index (χ0n) is 10.3. The zero-order chi connectivity index (χ0) is 12.5. The van der Waals surface area contributed by atoms with E-state index in [2.05, 4.69) is 5.10 Å². The SMILES string of the molecule is Cn1cc(COc2ccc3c(c2)CC[C@H]3O)cn1. The van der Waals surface area contributed by atoms with Gasteiger partial charge >= 0.3 is 0 Å². The maximum absolute atomic E-state index is 9.73. The summed E-state index contributed by atoms with van der Waals surface area (Å²) in [7, 11) is 1.89. The molecule has 0 saturated carbocycles. The summed E-state index contributed by atoms with van der Waals surface area (Å²) < 4.78 is 7.49. The molecule has 94 valence electrons. The van der Waals surface area contributed by atoms with Gasteiger partial charge in [-0.2, -0.15) is 5.10 Å². The maximum Gasteiger partial charge on any atom is 0.120 e. The lowest BCUT2D eigenvalue weighted by Crippen LogP contribution is -1.96. The Morgan fingerprint density at radius 3 is 3.17 bits per heavy atom. The first-order valence-electron chi connectivity index (χ1n) is 6.13. The van der Waals surface area contributed by atoms with Crippen LogP contribution in [0.15, 0.2) is 30.6 Å². The minimum Gasteiger partial charge on any atom is -0.489 e. The normalized spacial score (nSPS) is 17.8. The Hall–Kier alpha value is -1.81. The van der Waals surface area contributed by atoms with Crippen LogP contribution >= 0.6 is 0 Å². The minimum atomic E-state index is -0.299. The second-order valence-corrected chi connectivity index (χ2v) is 4.73. The molecule has 1 aliphatic rings. The minimum absolute atomic E-state index is 0.299. The van der Waals surface area contributed by atoms with E-state index in [-0.39, 0.29) is 6.10 Å². The molecule has 0 spiro atoms. The molecule has 4 heteroatoms. The van der Waals surface area contributed by atoms with Crippen LogP contribution in [0.4, 0.5) is 0 Å². The molecule has 1 aromatic carbocycles. The molecular formula is C14H16N2O2. The van der Waals surface area contributed by atoms with Crippen LogP contribution in [-0.4, -0.2) is 14.9 Å². The number of nitrogens with zero attached hydrogens (tertiary/aromatic N) is 2. The van der Waals surface area contributed by atoms with Crippen molar-refractivity contribution in [2.45, 2.75) is 25.6 Å². The summed E-state index contributed by atoms with van der Waals surface area (Å²) in [5.41, 5.74) is 3.30. The van der Waals surface area contributed by atoms with Crippen LogP contribution in [0, 0.1) is 0 Å². The summed E-state index contributed by atoms with van der Waals surface area (Å²) >= 11 is 0. The van der Waals surface area contributed by atoms with Gasteiger partial charge in [0.25, 0.3) is 0 Å². The van der Waals surface area contributed by atoms with Crippen LogP contribution in [0.5, 0.6) is 5.75 Å². The van der Waals surface area contributed by atoms with Crippen molar-refractivity contribution in [2.24, 2.45) is 7.05 Å². The number of aliphatic hydroxyl groups is 1. The largest absolute Gasteiger partial charge is 0.489 e. The second-order valence-electron chi connectivity index (χ2n) is 4.73. The summed E-state index contributed by atoms with van der Waals surface area (Å²) in [4.78, 5) is 0. The van der Waals surface area contributed by atoms with Crippen molar-refractivity contribution >= 4 is 0 Å². The first-order chi connectivity index (χ1) is 8.72. The molecule has 2 aromatic rings. The average Bonchev–Trinajstić information content (AvgIpc) is 2.94. The van der Waals surface area contributed by atoms with Crippen molar-refractivity contribution in [3.63, 3.8) is 0 Å². The van der Waals surface area contributed by atoms with E-state index in [1.807, 2.05) is 31.4 Å². The van der Waals surface area contributed by atoms with Gasteiger partial charge in [0.15, 0.2) is 0 Å². The number of hydrogen-bond acceptors (Lipinski definition) is 3. The molecule has 0 amide bonds. The quantitative estimate of drug-likeness (QED) is 0.898. The molecule has 0 radical (unpaired) electrons. The number of benzene rings is 1. The number of ether oxygens (including phenoxy) is 1. The third kappa shape index (κ3) is 2.11. The first-order valence-corrected chi connectivity index (χ1v) is 6.13. The molecule has 1 heterocycles. The van der Waals surface area contributed by atoms with E-state index in [0.717, 1.165) is 29.7 Å². The summed E-state index contributed by atoms with van der Waals surface area (Å²) in [5, 5.41) is 13.8. The van der Waals surface area contributed by atoms with E-state index in [9.17, 15) is 5.11 Å². The van der Waals surface area contributed by atoms with E-state index in [1.165, 1.54) is 5.56 Å². The van der Waals surface area contributed by atoms with Gasteiger partial charge in [0.05, 0.1) is 12.3 Å². The van der Waals surface area contributed by atoms with Gasteiger partial charge in [0.1, 0.15) is 12.4 Å². The van der Waals surface area contributed by atoms with Gasteiger partial charge in [-0.15, -0.1) is 0 Å². The Balaban J connectivity index is 1.70. The van der Waals surface area contributed by atoms with Crippen LogP contribution in [-0.2, 0) is 20.1 Å². The number of aliphatic hydroxyl groups excluding tert-OH is 1. The van der Waals surface area contributed by atoms with E-state index in [4.69, 9.17) is 4.74 Å². The highest BCUT2D eigenvalue weighted by Crippen LogP contribution is 2.33. The lowest BCUT2D eigenvalue weighted by atomic mass is 10.1. The highest BCUT2D eigenvalue weighted by molar-refractivity contribution is 5.39. The molecule has 0 bridgehead atoms. The fourth-order valence-corrected chi connectivity index (χ4v) is 2.37. The monoisotopic (exact) mass is 244 g/mol. The molecule has 4 nitrogen and oxygen atoms in total. The summed E-state index contributed by atoms with van der Waals surface area (Å²) in [6.45, 7) is 0.523. The maximum atomic E-state index is 9.73. The predicted molar refractivity (Wildman–Crippen MR) is 67.3 cm³/mol. The average molecular weight is 244 g/mol. The van der Waals surface area contributed by atoms with Crippen molar-refractivity contribution in [3.05, 3.63) is 47.3 Å². The lowest BCUT2D eigenvalue weighted by molar-refractivity contribution is 0.180. The molecule has 0 saturated heterocycles. The van der Waals surface area contributed by atoms with Gasteiger partial charge in [-0.1, -0.05) is 6.07 Å². The zero-order valence-corrected chi connectivity index (χ0v) is 10.3. The molecule has 1 N–H and O–H groups in total. The van der Waals surface area contributed by atoms with Gasteiger partial charge < -0.3 is 9.84 Å². The van der Waals surface area contributed by atoms with E-state index in [0.29, 0.717) is 6.61 Å². The van der Waals surface area contributed by atoms with E-state index < -0.39 is 0 Å². The molecule has 1 atom stereocenters. The van der Waals surface area contributed by atoms with Gasteiger partial charge in [-0.05, 0) is 36.1 Å². The van der Waals surface area contributed by atoms with Crippen molar-refractivity contribution in [2.75, 3.05) is 0 Å². The second kappa shape index (κ2) is 4.46. The van der Waals surface area contributed by atoms with Crippen LogP contribution in [0.2, 0.25) is 0 Å². The fourth-order valence-electron chi connectivity index (χ4n) is 2.37. The number of fused-ring (bicyclic) bond motifs is 1. The molecule has 0 aliphatic heterocycles. The predicted octanol–water partition coefficient (Wildman–Crippen LogP) is 1.98. The lowest BCUT2D eigenvalue weighted by Gasteiger charge is -2.08. The van der Waals surface area contributed by atoms with Gasteiger partial charge in [0, 0.05) is 18.8 Å². The highest BCUT2D eigenvalue weighted by atomic mass is 16.5. The number of aryl methyl sites for hydroxylation is 2. The van der Waals surface area contributed by atoms with Crippen LogP contribution < -0.4 is 4.74 Å². The molecule has 3 rings (SSSR count). The Labute approximate surface area is 106 Å². The van der Waals surface area contributed by atoms with Crippen LogP contribution in [0.25, 0.3) is 0 Å². The van der Waals surface area contributed by atoms with E-state index in [1.54, 1.807) is 10.9 Å². The molecule has 18 heavy (non-hydrogen) atoms. The molecular weight excluding hydrogens is 228 g/mol. The number of hydrogen-bond donors (Lipinski definition) is 1. The van der Waals surface area contributed by atoms with E-state index >= 15 is 0 Å². The number of aromatic nitrogens is 2. The molecule has 0 unspecified atom stereocenters. The third-order valence-electron chi connectivity index (χ3n) is 3.32. The van der Waals surface area contributed by atoms with Gasteiger partial charge in [-0.25, -0.2) is 0 Å². The summed E-state index contributed by atoms with van der Waals surface area (Å²) in [6.07, 6.45) is 5.20. The first kappa shape index (κ1) is 11.3. The standard InChI is InChI=1S/C14H16N2O2/c1-16-8-10(7-15-16)9-18-12-3-4-13-11(6-12)2-5-14(13)17/h3-4,6-8,14,17H,2,5,9H2,1H3/t14-/m1/s1. The van der Waals surface area contributed by atoms with Crippen LogP contribution in [0.1, 0.15) is 29.2 Å².